The van der Waals surface area contributed by atoms with Crippen LogP contribution in [0.1, 0.15) is 37.8 Å². The Labute approximate surface area is 191 Å². The number of nitrogens with one attached hydrogen (secondary N) is 1. The Bertz CT molecular complexity index is 1180. The molecule has 3 heterocycles. The van der Waals surface area contributed by atoms with E-state index >= 15 is 0 Å². The van der Waals surface area contributed by atoms with Gasteiger partial charge in [0, 0.05) is 6.54 Å². The van der Waals surface area contributed by atoms with Crippen LogP contribution in [0.25, 0.3) is 11.0 Å². The molecule has 0 aliphatic rings. The molecule has 0 radical (unpaired) electrons. The summed E-state index contributed by atoms with van der Waals surface area (Å²) in [7, 11) is 0. The van der Waals surface area contributed by atoms with Crippen molar-refractivity contribution in [3.63, 3.8) is 0 Å². The Balaban J connectivity index is 1.64. The fourth-order valence-electron chi connectivity index (χ4n) is 3.60. The highest BCUT2D eigenvalue weighted by molar-refractivity contribution is 5.88. The Morgan fingerprint density at radius 1 is 1.06 bits per heavy atom. The maximum absolute atomic E-state index is 13.6. The second-order valence-corrected chi connectivity index (χ2v) is 8.23. The van der Waals surface area contributed by atoms with Gasteiger partial charge in [0.2, 0.25) is 5.91 Å². The minimum Gasteiger partial charge on any atom is -0.467 e. The first-order chi connectivity index (χ1) is 16.0. The van der Waals surface area contributed by atoms with Gasteiger partial charge in [-0.3, -0.25) is 9.59 Å². The van der Waals surface area contributed by atoms with Crippen molar-refractivity contribution >= 4 is 22.8 Å². The topological polar surface area (TPSA) is 106 Å². The fraction of sp³-hybridized carbons (Fsp3) is 0.333. The van der Waals surface area contributed by atoms with Crippen molar-refractivity contribution in [3.05, 3.63) is 72.6 Å². The molecule has 0 aliphatic carbocycles. The number of furan rings is 2. The third-order valence-corrected chi connectivity index (χ3v) is 5.33. The van der Waals surface area contributed by atoms with Gasteiger partial charge in [0.25, 0.3) is 5.91 Å². The summed E-state index contributed by atoms with van der Waals surface area (Å²) >= 11 is 0. The summed E-state index contributed by atoms with van der Waals surface area (Å²) in [5.41, 5.74) is 1.43. The quantitative estimate of drug-likeness (QED) is 0.397. The summed E-state index contributed by atoms with van der Waals surface area (Å²) in [6.45, 7) is 4.69. The molecule has 33 heavy (non-hydrogen) atoms. The van der Waals surface area contributed by atoms with E-state index in [1.165, 1.54) is 22.1 Å². The second-order valence-electron chi connectivity index (χ2n) is 8.23. The van der Waals surface area contributed by atoms with Gasteiger partial charge in [-0.15, -0.1) is 5.10 Å². The largest absolute Gasteiger partial charge is 0.467 e. The van der Waals surface area contributed by atoms with E-state index in [1.54, 1.807) is 24.3 Å². The molecule has 172 valence electrons. The normalized spacial score (nSPS) is 12.2. The summed E-state index contributed by atoms with van der Waals surface area (Å²) < 4.78 is 12.6. The van der Waals surface area contributed by atoms with E-state index in [0.717, 1.165) is 11.9 Å². The van der Waals surface area contributed by atoms with Crippen molar-refractivity contribution in [3.8, 4) is 0 Å². The van der Waals surface area contributed by atoms with E-state index in [1.807, 2.05) is 24.3 Å². The van der Waals surface area contributed by atoms with Crippen molar-refractivity contribution in [1.82, 2.24) is 25.2 Å². The lowest BCUT2D eigenvalue weighted by molar-refractivity contribution is -0.143. The van der Waals surface area contributed by atoms with Gasteiger partial charge < -0.3 is 19.1 Å². The molecule has 0 saturated carbocycles. The van der Waals surface area contributed by atoms with Gasteiger partial charge >= 0.3 is 0 Å². The van der Waals surface area contributed by atoms with E-state index in [4.69, 9.17) is 8.83 Å². The van der Waals surface area contributed by atoms with Crippen molar-refractivity contribution in [2.45, 2.75) is 39.4 Å². The number of amides is 2. The molecule has 1 aromatic carbocycles. The molecule has 0 unspecified atom stereocenters. The second kappa shape index (κ2) is 10.2. The molecule has 1 N–H and O–H groups in total. The summed E-state index contributed by atoms with van der Waals surface area (Å²) in [6, 6.07) is 13.3. The van der Waals surface area contributed by atoms with Crippen molar-refractivity contribution < 1.29 is 18.4 Å². The van der Waals surface area contributed by atoms with Crippen LogP contribution in [-0.4, -0.2) is 38.3 Å². The first kappa shape index (κ1) is 22.3. The van der Waals surface area contributed by atoms with Gasteiger partial charge in [-0.05, 0) is 48.7 Å². The molecular formula is C24H27N5O4. The van der Waals surface area contributed by atoms with Crippen molar-refractivity contribution in [1.29, 1.82) is 0 Å². The number of aromatic nitrogens is 3. The molecule has 4 aromatic rings. The Morgan fingerprint density at radius 2 is 1.85 bits per heavy atom. The number of fused-ring (bicyclic) bond motifs is 1. The first-order valence-corrected chi connectivity index (χ1v) is 10.9. The zero-order chi connectivity index (χ0) is 23.2. The minimum atomic E-state index is -0.959. The zero-order valence-electron chi connectivity index (χ0n) is 18.7. The third kappa shape index (κ3) is 5.31. The van der Waals surface area contributed by atoms with Gasteiger partial charge in [-0.25, -0.2) is 4.68 Å². The monoisotopic (exact) mass is 449 g/mol. The van der Waals surface area contributed by atoms with Crippen LogP contribution in [0.2, 0.25) is 0 Å². The van der Waals surface area contributed by atoms with Gasteiger partial charge in [-0.1, -0.05) is 31.2 Å². The van der Waals surface area contributed by atoms with Crippen LogP contribution < -0.4 is 5.32 Å². The Kier molecular flexibility index (Phi) is 6.87. The van der Waals surface area contributed by atoms with Crippen LogP contribution in [0.4, 0.5) is 0 Å². The molecule has 4 rings (SSSR count). The average molecular weight is 450 g/mol. The predicted octanol–water partition coefficient (Wildman–Crippen LogP) is 3.55. The maximum Gasteiger partial charge on any atom is 0.250 e. The van der Waals surface area contributed by atoms with Gasteiger partial charge in [0.15, 0.2) is 6.04 Å². The lowest BCUT2D eigenvalue weighted by Crippen LogP contribution is -2.44. The van der Waals surface area contributed by atoms with E-state index < -0.39 is 6.04 Å². The summed E-state index contributed by atoms with van der Waals surface area (Å²) in [5.74, 6) is 0.740. The van der Waals surface area contributed by atoms with Gasteiger partial charge in [0.05, 0.1) is 24.6 Å². The maximum atomic E-state index is 13.6. The van der Waals surface area contributed by atoms with E-state index in [-0.39, 0.29) is 24.9 Å². The summed E-state index contributed by atoms with van der Waals surface area (Å²) in [4.78, 5) is 28.3. The standard InChI is InChI=1S/C24H27N5O4/c1-17(2)11-12-25-24(31)23(21-10-6-14-33-21)28(15-18-7-5-13-32-18)22(30)16-29-20-9-4-3-8-19(20)26-27-29/h3-10,13-14,17,23H,11-12,15-16H2,1-2H3,(H,25,31)/t23-/m0/s1. The fourth-order valence-corrected chi connectivity index (χ4v) is 3.60. The number of hydrogen-bond acceptors (Lipinski definition) is 6. The number of para-hydroxylation sites is 1. The lowest BCUT2D eigenvalue weighted by Gasteiger charge is -2.29. The first-order valence-electron chi connectivity index (χ1n) is 10.9. The lowest BCUT2D eigenvalue weighted by atomic mass is 10.1. The molecule has 0 aliphatic heterocycles. The van der Waals surface area contributed by atoms with Gasteiger partial charge in [-0.2, -0.15) is 0 Å². The highest BCUT2D eigenvalue weighted by Gasteiger charge is 2.34. The van der Waals surface area contributed by atoms with Crippen LogP contribution in [0.5, 0.6) is 0 Å². The van der Waals surface area contributed by atoms with E-state index in [2.05, 4.69) is 29.5 Å². The Morgan fingerprint density at radius 3 is 2.58 bits per heavy atom. The molecule has 0 bridgehead atoms. The number of benzene rings is 1. The molecule has 9 heteroatoms. The van der Waals surface area contributed by atoms with Crippen LogP contribution in [0, 0.1) is 5.92 Å². The predicted molar refractivity (Wildman–Crippen MR) is 121 cm³/mol. The molecule has 1 atom stereocenters. The number of carbonyl (C=O) groups excluding carboxylic acids is 2. The van der Waals surface area contributed by atoms with Crippen molar-refractivity contribution in [2.75, 3.05) is 6.54 Å². The molecule has 0 fully saturated rings. The van der Waals surface area contributed by atoms with E-state index in [0.29, 0.717) is 29.5 Å². The highest BCUT2D eigenvalue weighted by Crippen LogP contribution is 2.25. The molecule has 3 aromatic heterocycles. The summed E-state index contributed by atoms with van der Waals surface area (Å²) in [6.07, 6.45) is 3.85. The number of hydrogen-bond donors (Lipinski definition) is 1. The Hall–Kier alpha value is -3.88. The molecule has 9 nitrogen and oxygen atoms in total. The van der Waals surface area contributed by atoms with Crippen LogP contribution >= 0.6 is 0 Å². The SMILES string of the molecule is CC(C)CCNC(=O)[C@H](c1ccco1)N(Cc1ccco1)C(=O)Cn1nnc2ccccc21. The number of rotatable bonds is 10. The molecule has 0 saturated heterocycles. The highest BCUT2D eigenvalue weighted by atomic mass is 16.3. The molecule has 2 amide bonds. The molecule has 0 spiro atoms. The number of nitrogens with zero attached hydrogens (tertiary/aromatic N) is 4. The van der Waals surface area contributed by atoms with Crippen molar-refractivity contribution in [2.24, 2.45) is 5.92 Å². The third-order valence-electron chi connectivity index (χ3n) is 5.33. The van der Waals surface area contributed by atoms with Crippen LogP contribution in [0.15, 0.2) is 69.9 Å². The average Bonchev–Trinajstić information content (AvgIpc) is 3.56. The minimum absolute atomic E-state index is 0.0856. The summed E-state index contributed by atoms with van der Waals surface area (Å²) in [5, 5.41) is 11.2. The van der Waals surface area contributed by atoms with Crippen LogP contribution in [0.3, 0.4) is 0 Å². The number of carbonyl (C=O) groups is 2. The van der Waals surface area contributed by atoms with Gasteiger partial charge in [0.1, 0.15) is 23.6 Å². The van der Waals surface area contributed by atoms with Crippen LogP contribution in [-0.2, 0) is 22.7 Å². The molecular weight excluding hydrogens is 422 g/mol. The zero-order valence-corrected chi connectivity index (χ0v) is 18.7. The smallest absolute Gasteiger partial charge is 0.250 e. The van der Waals surface area contributed by atoms with E-state index in [9.17, 15) is 9.59 Å².